The van der Waals surface area contributed by atoms with Gasteiger partial charge in [0.1, 0.15) is 11.5 Å². The van der Waals surface area contributed by atoms with Crippen molar-refractivity contribution in [3.8, 4) is 16.9 Å². The van der Waals surface area contributed by atoms with Gasteiger partial charge in [0.25, 0.3) is 0 Å². The minimum atomic E-state index is -0.300. The van der Waals surface area contributed by atoms with E-state index in [4.69, 9.17) is 4.74 Å². The lowest BCUT2D eigenvalue weighted by atomic mass is 9.93. The fraction of sp³-hybridized carbons (Fsp3) is 0.409. The van der Waals surface area contributed by atoms with Crippen molar-refractivity contribution in [3.63, 3.8) is 0 Å². The molecule has 1 saturated heterocycles. The molecule has 5 nitrogen and oxygen atoms in total. The van der Waals surface area contributed by atoms with E-state index in [1.807, 2.05) is 18.3 Å². The second kappa shape index (κ2) is 8.61. The molecular weight excluding hydrogens is 355 g/mol. The van der Waals surface area contributed by atoms with E-state index in [9.17, 15) is 4.39 Å². The molecule has 0 aliphatic carbocycles. The molecule has 3 aromatic heterocycles. The van der Waals surface area contributed by atoms with Gasteiger partial charge in [-0.3, -0.25) is 9.97 Å². The van der Waals surface area contributed by atoms with E-state index < -0.39 is 0 Å². The molecule has 0 unspecified atom stereocenters. The Morgan fingerprint density at radius 3 is 2.82 bits per heavy atom. The van der Waals surface area contributed by atoms with Gasteiger partial charge in [0, 0.05) is 43.1 Å². The topological polar surface area (TPSA) is 52.8 Å². The predicted molar refractivity (Wildman–Crippen MR) is 106 cm³/mol. The van der Waals surface area contributed by atoms with E-state index in [1.54, 1.807) is 29.3 Å². The van der Waals surface area contributed by atoms with E-state index >= 15 is 0 Å². The Kier molecular flexibility index (Phi) is 5.76. The number of aryl methyl sites for hydroxylation is 1. The molecule has 28 heavy (non-hydrogen) atoms. The van der Waals surface area contributed by atoms with Gasteiger partial charge in [-0.15, -0.1) is 0 Å². The molecule has 0 radical (unpaired) electrons. The lowest BCUT2D eigenvalue weighted by Crippen LogP contribution is -2.17. The summed E-state index contributed by atoms with van der Waals surface area (Å²) in [6.45, 7) is 3.72. The van der Waals surface area contributed by atoms with Crippen molar-refractivity contribution in [2.24, 2.45) is 5.92 Å². The Bertz CT molecular complexity index is 934. The average molecular weight is 380 g/mol. The van der Waals surface area contributed by atoms with Gasteiger partial charge < -0.3 is 4.74 Å². The zero-order valence-corrected chi connectivity index (χ0v) is 16.1. The van der Waals surface area contributed by atoms with Crippen molar-refractivity contribution < 1.29 is 9.13 Å². The van der Waals surface area contributed by atoms with Gasteiger partial charge in [0.05, 0.1) is 11.9 Å². The Labute approximate surface area is 164 Å². The summed E-state index contributed by atoms with van der Waals surface area (Å²) in [5.74, 6) is 0.248. The Hall–Kier alpha value is -2.60. The smallest absolute Gasteiger partial charge is 0.149 e. The van der Waals surface area contributed by atoms with Crippen molar-refractivity contribution in [2.75, 3.05) is 13.2 Å². The van der Waals surface area contributed by atoms with Crippen LogP contribution in [0.1, 0.15) is 37.4 Å². The van der Waals surface area contributed by atoms with E-state index in [-0.39, 0.29) is 5.82 Å². The minimum absolute atomic E-state index is 0.300. The van der Waals surface area contributed by atoms with Crippen LogP contribution < -0.4 is 0 Å². The van der Waals surface area contributed by atoms with Crippen molar-refractivity contribution in [1.29, 1.82) is 0 Å². The molecule has 4 heterocycles. The molecule has 1 aliphatic rings. The first-order chi connectivity index (χ1) is 13.7. The summed E-state index contributed by atoms with van der Waals surface area (Å²) in [6.07, 6.45) is 11.9. The van der Waals surface area contributed by atoms with Gasteiger partial charge in [0.15, 0.2) is 0 Å². The SMILES string of the molecule is CCCc1cc(-n2cc(-c3ncc(CC4CCOCC4)cc3F)cn2)ccn1. The van der Waals surface area contributed by atoms with Crippen molar-refractivity contribution in [3.05, 3.63) is 60.1 Å². The molecule has 1 fully saturated rings. The maximum absolute atomic E-state index is 14.7. The summed E-state index contributed by atoms with van der Waals surface area (Å²) in [5, 5.41) is 4.39. The quantitative estimate of drug-likeness (QED) is 0.636. The molecule has 0 amide bonds. The Morgan fingerprint density at radius 2 is 2.04 bits per heavy atom. The predicted octanol–water partition coefficient (Wildman–Crippen LogP) is 4.39. The number of hydrogen-bond acceptors (Lipinski definition) is 4. The standard InChI is InChI=1S/C22H25FN4O/c1-2-3-19-12-20(4-7-24-19)27-15-18(14-26-27)22-21(23)11-17(13-25-22)10-16-5-8-28-9-6-16/h4,7,11-16H,2-3,5-6,8-10H2,1H3. The van der Waals surface area contributed by atoms with Crippen LogP contribution in [-0.2, 0) is 17.6 Å². The van der Waals surface area contributed by atoms with Crippen LogP contribution in [0.3, 0.4) is 0 Å². The molecular formula is C22H25FN4O. The molecule has 1 aliphatic heterocycles. The third-order valence-corrected chi connectivity index (χ3v) is 5.19. The van der Waals surface area contributed by atoms with Gasteiger partial charge in [-0.1, -0.05) is 13.3 Å². The minimum Gasteiger partial charge on any atom is -0.381 e. The van der Waals surface area contributed by atoms with Gasteiger partial charge >= 0.3 is 0 Å². The summed E-state index contributed by atoms with van der Waals surface area (Å²) in [4.78, 5) is 8.77. The zero-order valence-electron chi connectivity index (χ0n) is 16.1. The van der Waals surface area contributed by atoms with Gasteiger partial charge in [0.2, 0.25) is 0 Å². The average Bonchev–Trinajstić information content (AvgIpc) is 3.19. The first-order valence-corrected chi connectivity index (χ1v) is 9.95. The maximum atomic E-state index is 14.7. The molecule has 6 heteroatoms. The lowest BCUT2D eigenvalue weighted by Gasteiger charge is -2.21. The third-order valence-electron chi connectivity index (χ3n) is 5.19. The van der Waals surface area contributed by atoms with Crippen LogP contribution >= 0.6 is 0 Å². The van der Waals surface area contributed by atoms with E-state index in [1.165, 1.54) is 0 Å². The fourth-order valence-electron chi connectivity index (χ4n) is 3.67. The van der Waals surface area contributed by atoms with Crippen LogP contribution in [0, 0.1) is 11.7 Å². The Morgan fingerprint density at radius 1 is 1.18 bits per heavy atom. The maximum Gasteiger partial charge on any atom is 0.149 e. The van der Waals surface area contributed by atoms with E-state index in [0.717, 1.165) is 62.3 Å². The number of halogens is 1. The molecule has 0 N–H and O–H groups in total. The first-order valence-electron chi connectivity index (χ1n) is 9.95. The molecule has 146 valence electrons. The zero-order chi connectivity index (χ0) is 19.3. The highest BCUT2D eigenvalue weighted by molar-refractivity contribution is 5.58. The highest BCUT2D eigenvalue weighted by atomic mass is 19.1. The normalized spacial score (nSPS) is 15.1. The van der Waals surface area contributed by atoms with Crippen LogP contribution in [0.2, 0.25) is 0 Å². The van der Waals surface area contributed by atoms with Crippen LogP contribution in [0.15, 0.2) is 43.0 Å². The van der Waals surface area contributed by atoms with E-state index in [0.29, 0.717) is 17.2 Å². The summed E-state index contributed by atoms with van der Waals surface area (Å²) in [5.41, 5.74) is 3.90. The molecule has 0 aromatic carbocycles. The molecule has 3 aromatic rings. The number of pyridine rings is 2. The summed E-state index contributed by atoms with van der Waals surface area (Å²) in [7, 11) is 0. The van der Waals surface area contributed by atoms with Crippen LogP contribution in [-0.4, -0.2) is 33.0 Å². The second-order valence-corrected chi connectivity index (χ2v) is 7.36. The van der Waals surface area contributed by atoms with E-state index in [2.05, 4.69) is 22.0 Å². The van der Waals surface area contributed by atoms with Crippen LogP contribution in [0.5, 0.6) is 0 Å². The number of nitrogens with zero attached hydrogens (tertiary/aromatic N) is 4. The molecule has 4 rings (SSSR count). The Balaban J connectivity index is 1.52. The number of hydrogen-bond donors (Lipinski definition) is 0. The lowest BCUT2D eigenvalue weighted by molar-refractivity contribution is 0.0665. The summed E-state index contributed by atoms with van der Waals surface area (Å²) < 4.78 is 21.9. The molecule has 0 bridgehead atoms. The monoisotopic (exact) mass is 380 g/mol. The number of aromatic nitrogens is 4. The summed E-state index contributed by atoms with van der Waals surface area (Å²) in [6, 6.07) is 5.53. The van der Waals surface area contributed by atoms with Gasteiger partial charge in [-0.05, 0) is 55.4 Å². The second-order valence-electron chi connectivity index (χ2n) is 7.36. The van der Waals surface area contributed by atoms with Gasteiger partial charge in [-0.2, -0.15) is 5.10 Å². The molecule has 0 spiro atoms. The van der Waals surface area contributed by atoms with Crippen molar-refractivity contribution in [1.82, 2.24) is 19.7 Å². The highest BCUT2D eigenvalue weighted by Gasteiger charge is 2.16. The van der Waals surface area contributed by atoms with Crippen LogP contribution in [0.25, 0.3) is 16.9 Å². The number of rotatable bonds is 6. The first kappa shape index (κ1) is 18.7. The van der Waals surface area contributed by atoms with Crippen LogP contribution in [0.4, 0.5) is 4.39 Å². The molecule has 0 saturated carbocycles. The largest absolute Gasteiger partial charge is 0.381 e. The van der Waals surface area contributed by atoms with Crippen molar-refractivity contribution in [2.45, 2.75) is 39.0 Å². The number of ether oxygens (including phenoxy) is 1. The fourth-order valence-corrected chi connectivity index (χ4v) is 3.67. The van der Waals surface area contributed by atoms with Crippen molar-refractivity contribution >= 4 is 0 Å². The third kappa shape index (κ3) is 4.28. The van der Waals surface area contributed by atoms with Gasteiger partial charge in [-0.25, -0.2) is 9.07 Å². The summed E-state index contributed by atoms with van der Waals surface area (Å²) >= 11 is 0. The molecule has 0 atom stereocenters. The highest BCUT2D eigenvalue weighted by Crippen LogP contribution is 2.25.